The van der Waals surface area contributed by atoms with Gasteiger partial charge in [-0.25, -0.2) is 13.4 Å². The maximum atomic E-state index is 12.8. The molecule has 5 nitrogen and oxygen atoms in total. The van der Waals surface area contributed by atoms with Crippen LogP contribution >= 0.6 is 0 Å². The Morgan fingerprint density at radius 1 is 1.42 bits per heavy atom. The van der Waals surface area contributed by atoms with Crippen molar-refractivity contribution >= 4 is 15.7 Å². The molecule has 0 spiro atoms. The smallest absolute Gasteiger partial charge is 0.262 e. The van der Waals surface area contributed by atoms with E-state index in [1.807, 2.05) is 6.92 Å². The lowest BCUT2D eigenvalue weighted by Crippen LogP contribution is -2.39. The van der Waals surface area contributed by atoms with E-state index in [4.69, 9.17) is 0 Å². The molecular weight excluding hydrogens is 262 g/mol. The van der Waals surface area contributed by atoms with E-state index in [2.05, 4.69) is 10.3 Å². The predicted molar refractivity (Wildman–Crippen MR) is 75.6 cm³/mol. The number of nitrogens with one attached hydrogen (secondary N) is 1. The van der Waals surface area contributed by atoms with Crippen molar-refractivity contribution in [1.29, 1.82) is 0 Å². The van der Waals surface area contributed by atoms with E-state index in [9.17, 15) is 8.42 Å². The van der Waals surface area contributed by atoms with Gasteiger partial charge in [0.05, 0.1) is 5.69 Å². The van der Waals surface area contributed by atoms with Crippen LogP contribution in [0.1, 0.15) is 32.6 Å². The average molecular weight is 283 g/mol. The van der Waals surface area contributed by atoms with Crippen LogP contribution in [0.15, 0.2) is 23.4 Å². The van der Waals surface area contributed by atoms with Crippen LogP contribution in [-0.2, 0) is 10.0 Å². The largest absolute Gasteiger partial charge is 0.386 e. The van der Waals surface area contributed by atoms with Crippen molar-refractivity contribution in [3.63, 3.8) is 0 Å². The number of anilines is 1. The van der Waals surface area contributed by atoms with Crippen molar-refractivity contribution in [2.75, 3.05) is 18.9 Å². The van der Waals surface area contributed by atoms with Crippen LogP contribution in [-0.4, -0.2) is 37.3 Å². The number of sulfonamides is 1. The number of pyridine rings is 1. The zero-order valence-electron chi connectivity index (χ0n) is 11.5. The molecule has 0 radical (unpaired) electrons. The van der Waals surface area contributed by atoms with Gasteiger partial charge in [-0.15, -0.1) is 0 Å². The Balaban J connectivity index is 2.39. The first-order valence-electron chi connectivity index (χ1n) is 6.76. The Kier molecular flexibility index (Phi) is 4.42. The van der Waals surface area contributed by atoms with Gasteiger partial charge in [-0.1, -0.05) is 19.8 Å². The molecule has 6 heteroatoms. The zero-order valence-corrected chi connectivity index (χ0v) is 12.3. The molecule has 0 bridgehead atoms. The van der Waals surface area contributed by atoms with Gasteiger partial charge in [0.25, 0.3) is 10.0 Å². The van der Waals surface area contributed by atoms with Crippen molar-refractivity contribution in [1.82, 2.24) is 9.29 Å². The van der Waals surface area contributed by atoms with E-state index in [0.717, 1.165) is 25.7 Å². The van der Waals surface area contributed by atoms with Crippen molar-refractivity contribution < 1.29 is 8.42 Å². The van der Waals surface area contributed by atoms with Crippen LogP contribution in [0.4, 0.5) is 5.69 Å². The van der Waals surface area contributed by atoms with Gasteiger partial charge in [0, 0.05) is 25.8 Å². The van der Waals surface area contributed by atoms with Crippen LogP contribution in [0.5, 0.6) is 0 Å². The SMILES string of the molecule is CCN(C1CCCC1)S(=O)(=O)c1ncccc1NC. The van der Waals surface area contributed by atoms with Gasteiger partial charge in [-0.05, 0) is 25.0 Å². The van der Waals surface area contributed by atoms with E-state index in [1.54, 1.807) is 23.5 Å². The molecule has 1 N–H and O–H groups in total. The third kappa shape index (κ3) is 2.74. The van der Waals surface area contributed by atoms with Crippen molar-refractivity contribution in [3.05, 3.63) is 18.3 Å². The second kappa shape index (κ2) is 5.88. The van der Waals surface area contributed by atoms with Crippen LogP contribution < -0.4 is 5.32 Å². The van der Waals surface area contributed by atoms with E-state index >= 15 is 0 Å². The van der Waals surface area contributed by atoms with Gasteiger partial charge < -0.3 is 5.32 Å². The maximum Gasteiger partial charge on any atom is 0.262 e. The van der Waals surface area contributed by atoms with Gasteiger partial charge >= 0.3 is 0 Å². The Hall–Kier alpha value is -1.14. The molecule has 0 saturated heterocycles. The van der Waals surface area contributed by atoms with Gasteiger partial charge in [0.1, 0.15) is 0 Å². The molecule has 2 rings (SSSR count). The van der Waals surface area contributed by atoms with Gasteiger partial charge in [-0.3, -0.25) is 0 Å². The molecule has 106 valence electrons. The first-order valence-corrected chi connectivity index (χ1v) is 8.20. The topological polar surface area (TPSA) is 62.3 Å². The van der Waals surface area contributed by atoms with Crippen LogP contribution in [0.25, 0.3) is 0 Å². The van der Waals surface area contributed by atoms with Crippen LogP contribution in [0.3, 0.4) is 0 Å². The first kappa shape index (κ1) is 14.3. The van der Waals surface area contributed by atoms with E-state index in [-0.39, 0.29) is 11.1 Å². The molecule has 0 aromatic carbocycles. The number of hydrogen-bond donors (Lipinski definition) is 1. The minimum absolute atomic E-state index is 0.127. The van der Waals surface area contributed by atoms with Crippen LogP contribution in [0.2, 0.25) is 0 Å². The summed E-state index contributed by atoms with van der Waals surface area (Å²) in [6.07, 6.45) is 5.65. The molecule has 0 unspecified atom stereocenters. The second-order valence-electron chi connectivity index (χ2n) is 4.75. The van der Waals surface area contributed by atoms with Gasteiger partial charge in [0.15, 0.2) is 5.03 Å². The third-order valence-electron chi connectivity index (χ3n) is 3.64. The fraction of sp³-hybridized carbons (Fsp3) is 0.615. The van der Waals surface area contributed by atoms with Gasteiger partial charge in [-0.2, -0.15) is 4.31 Å². The van der Waals surface area contributed by atoms with Crippen LogP contribution in [0, 0.1) is 0 Å². The molecule has 19 heavy (non-hydrogen) atoms. The lowest BCUT2D eigenvalue weighted by molar-refractivity contribution is 0.334. The van der Waals surface area contributed by atoms with Crippen molar-refractivity contribution in [2.24, 2.45) is 0 Å². The molecule has 0 amide bonds. The summed E-state index contributed by atoms with van der Waals surface area (Å²) in [5, 5.41) is 3.03. The highest BCUT2D eigenvalue weighted by Crippen LogP contribution is 2.29. The Bertz CT molecular complexity index is 524. The molecule has 1 heterocycles. The number of hydrogen-bond acceptors (Lipinski definition) is 4. The predicted octanol–water partition coefficient (Wildman–Crippen LogP) is 2.08. The lowest BCUT2D eigenvalue weighted by atomic mass is 10.2. The molecule has 1 aromatic rings. The Morgan fingerprint density at radius 2 is 2.11 bits per heavy atom. The quantitative estimate of drug-likeness (QED) is 0.898. The minimum Gasteiger partial charge on any atom is -0.386 e. The average Bonchev–Trinajstić information content (AvgIpc) is 2.93. The number of rotatable bonds is 5. The van der Waals surface area contributed by atoms with E-state index in [0.29, 0.717) is 12.2 Å². The summed E-state index contributed by atoms with van der Waals surface area (Å²) in [7, 11) is -1.81. The fourth-order valence-electron chi connectivity index (χ4n) is 2.71. The fourth-order valence-corrected chi connectivity index (χ4v) is 4.52. The third-order valence-corrected chi connectivity index (χ3v) is 5.62. The summed E-state index contributed by atoms with van der Waals surface area (Å²) >= 11 is 0. The van der Waals surface area contributed by atoms with Crippen molar-refractivity contribution in [2.45, 2.75) is 43.7 Å². The number of aromatic nitrogens is 1. The zero-order chi connectivity index (χ0) is 13.9. The van der Waals surface area contributed by atoms with Gasteiger partial charge in [0.2, 0.25) is 0 Å². The summed E-state index contributed by atoms with van der Waals surface area (Å²) in [4.78, 5) is 4.07. The summed E-state index contributed by atoms with van der Waals surface area (Å²) in [5.74, 6) is 0. The molecule has 0 aliphatic heterocycles. The Labute approximate surface area is 115 Å². The monoisotopic (exact) mass is 283 g/mol. The summed E-state index contributed by atoms with van der Waals surface area (Å²) in [6, 6.07) is 3.60. The molecule has 0 atom stereocenters. The summed E-state index contributed by atoms with van der Waals surface area (Å²) in [5.41, 5.74) is 0.555. The molecule has 1 aliphatic rings. The molecule has 1 aromatic heterocycles. The number of nitrogens with zero attached hydrogens (tertiary/aromatic N) is 2. The van der Waals surface area contributed by atoms with Crippen molar-refractivity contribution in [3.8, 4) is 0 Å². The Morgan fingerprint density at radius 3 is 2.68 bits per heavy atom. The molecular formula is C13H21N3O2S. The lowest BCUT2D eigenvalue weighted by Gasteiger charge is -2.26. The standard InChI is InChI=1S/C13H21N3O2S/c1-3-16(11-7-4-5-8-11)19(17,18)13-12(14-2)9-6-10-15-13/h6,9-11,14H,3-5,7-8H2,1-2H3. The molecule has 1 fully saturated rings. The highest BCUT2D eigenvalue weighted by atomic mass is 32.2. The molecule has 1 saturated carbocycles. The molecule has 1 aliphatic carbocycles. The normalized spacial score (nSPS) is 17.0. The van der Waals surface area contributed by atoms with E-state index < -0.39 is 10.0 Å². The highest BCUT2D eigenvalue weighted by Gasteiger charge is 2.34. The van der Waals surface area contributed by atoms with E-state index in [1.165, 1.54) is 6.20 Å². The second-order valence-corrected chi connectivity index (χ2v) is 6.56. The highest BCUT2D eigenvalue weighted by molar-refractivity contribution is 7.89. The summed E-state index contributed by atoms with van der Waals surface area (Å²) in [6.45, 7) is 2.38. The maximum absolute atomic E-state index is 12.8. The minimum atomic E-state index is -3.52. The first-order chi connectivity index (χ1) is 9.11. The summed E-state index contributed by atoms with van der Waals surface area (Å²) < 4.78 is 27.1.